The Balaban J connectivity index is 1.73. The average Bonchev–Trinajstić information content (AvgIpc) is 2.82. The molecule has 0 aliphatic carbocycles. The van der Waals surface area contributed by atoms with Gasteiger partial charge < -0.3 is 15.0 Å². The molecule has 2 aromatic rings. The van der Waals surface area contributed by atoms with E-state index in [1.165, 1.54) is 6.92 Å². The van der Waals surface area contributed by atoms with Gasteiger partial charge in [0, 0.05) is 18.2 Å². The van der Waals surface area contributed by atoms with E-state index >= 15 is 0 Å². The summed E-state index contributed by atoms with van der Waals surface area (Å²) in [4.78, 5) is 25.6. The summed E-state index contributed by atoms with van der Waals surface area (Å²) in [5, 5.41) is 3.23. The number of hydrogen-bond acceptors (Lipinski definition) is 3. The Kier molecular flexibility index (Phi) is 4.71. The van der Waals surface area contributed by atoms with Crippen molar-refractivity contribution in [3.63, 3.8) is 0 Å². The van der Waals surface area contributed by atoms with Gasteiger partial charge in [0.25, 0.3) is 5.91 Å². The predicted octanol–water partition coefficient (Wildman–Crippen LogP) is 2.94. The highest BCUT2D eigenvalue weighted by Crippen LogP contribution is 2.35. The molecule has 0 spiro atoms. The number of nitrogens with zero attached hydrogens (tertiary/aromatic N) is 1. The summed E-state index contributed by atoms with van der Waals surface area (Å²) in [5.74, 6) is 0.184. The summed E-state index contributed by atoms with van der Waals surface area (Å²) in [6.45, 7) is 2.08. The maximum Gasteiger partial charge on any atom is 0.254 e. The lowest BCUT2D eigenvalue weighted by Crippen LogP contribution is -2.38. The van der Waals surface area contributed by atoms with Gasteiger partial charge in [0.15, 0.2) is 0 Å². The van der Waals surface area contributed by atoms with Crippen molar-refractivity contribution >= 4 is 29.1 Å². The molecule has 0 saturated carbocycles. The minimum atomic E-state index is -0.640. The number of rotatable bonds is 5. The number of amides is 2. The zero-order valence-corrected chi connectivity index (χ0v) is 13.9. The van der Waals surface area contributed by atoms with Crippen molar-refractivity contribution in [3.8, 4) is 5.75 Å². The van der Waals surface area contributed by atoms with Gasteiger partial charge in [-0.3, -0.25) is 9.59 Å². The lowest BCUT2D eigenvalue weighted by atomic mass is 10.1. The van der Waals surface area contributed by atoms with Crippen LogP contribution in [0.25, 0.3) is 0 Å². The molecule has 0 bridgehead atoms. The third-order valence-corrected chi connectivity index (χ3v) is 4.12. The minimum absolute atomic E-state index is 0.158. The number of carbonyl (C=O) groups excluding carboxylic acids is 2. The molecule has 2 aromatic carbocycles. The second kappa shape index (κ2) is 6.93. The first-order valence-corrected chi connectivity index (χ1v) is 8.00. The molecular weight excluding hydrogens is 328 g/mol. The Morgan fingerprint density at radius 3 is 2.67 bits per heavy atom. The normalized spacial score (nSPS) is 16.0. The summed E-state index contributed by atoms with van der Waals surface area (Å²) in [6.07, 6.45) is 0. The van der Waals surface area contributed by atoms with Gasteiger partial charge in [-0.05, 0) is 18.2 Å². The van der Waals surface area contributed by atoms with E-state index in [-0.39, 0.29) is 11.8 Å². The average molecular weight is 345 g/mol. The molecule has 5 nitrogen and oxygen atoms in total. The van der Waals surface area contributed by atoms with Crippen LogP contribution in [0.1, 0.15) is 18.5 Å². The molecule has 1 atom stereocenters. The maximum absolute atomic E-state index is 12.6. The number of para-hydroxylation sites is 2. The second-order valence-corrected chi connectivity index (χ2v) is 5.87. The van der Waals surface area contributed by atoms with Gasteiger partial charge in [-0.1, -0.05) is 41.9 Å². The molecule has 2 amide bonds. The van der Waals surface area contributed by atoms with Crippen LogP contribution in [0, 0.1) is 0 Å². The van der Waals surface area contributed by atoms with Crippen LogP contribution in [0.4, 0.5) is 5.69 Å². The number of benzene rings is 2. The Bertz CT molecular complexity index is 778. The zero-order valence-electron chi connectivity index (χ0n) is 13.2. The standard InChI is InChI=1S/C18H17ClN2O3/c1-12(22)20-17-13-6-2-4-8-15(13)21(18(17)23)10-11-24-16-9-5-3-7-14(16)19/h2-9,17H,10-11H2,1H3,(H,20,22). The molecular formula is C18H17ClN2O3. The molecule has 24 heavy (non-hydrogen) atoms. The van der Waals surface area contributed by atoms with Crippen LogP contribution in [0.15, 0.2) is 48.5 Å². The highest BCUT2D eigenvalue weighted by Gasteiger charge is 2.37. The number of anilines is 1. The van der Waals surface area contributed by atoms with E-state index in [2.05, 4.69) is 5.32 Å². The number of ether oxygens (including phenoxy) is 1. The number of carbonyl (C=O) groups is 2. The Morgan fingerprint density at radius 1 is 1.21 bits per heavy atom. The quantitative estimate of drug-likeness (QED) is 0.907. The summed E-state index contributed by atoms with van der Waals surface area (Å²) in [5.41, 5.74) is 1.60. The number of halogens is 1. The summed E-state index contributed by atoms with van der Waals surface area (Å²) in [7, 11) is 0. The van der Waals surface area contributed by atoms with Crippen LogP contribution >= 0.6 is 11.6 Å². The zero-order chi connectivity index (χ0) is 17.1. The molecule has 0 fully saturated rings. The molecule has 0 radical (unpaired) electrons. The van der Waals surface area contributed by atoms with Gasteiger partial charge in [0.05, 0.1) is 11.6 Å². The second-order valence-electron chi connectivity index (χ2n) is 5.46. The fraction of sp³-hybridized carbons (Fsp3) is 0.222. The molecule has 124 valence electrons. The van der Waals surface area contributed by atoms with Gasteiger partial charge in [-0.15, -0.1) is 0 Å². The van der Waals surface area contributed by atoms with Crippen molar-refractivity contribution < 1.29 is 14.3 Å². The minimum Gasteiger partial charge on any atom is -0.490 e. The largest absolute Gasteiger partial charge is 0.490 e. The van der Waals surface area contributed by atoms with E-state index in [1.54, 1.807) is 17.0 Å². The Labute approximate surface area is 145 Å². The monoisotopic (exact) mass is 344 g/mol. The van der Waals surface area contributed by atoms with E-state index in [9.17, 15) is 9.59 Å². The van der Waals surface area contributed by atoms with Crippen molar-refractivity contribution in [1.82, 2.24) is 5.32 Å². The summed E-state index contributed by atoms with van der Waals surface area (Å²) < 4.78 is 5.67. The van der Waals surface area contributed by atoms with Gasteiger partial charge in [0.2, 0.25) is 5.91 Å². The molecule has 1 heterocycles. The first-order chi connectivity index (χ1) is 11.6. The van der Waals surface area contributed by atoms with E-state index in [4.69, 9.17) is 16.3 Å². The molecule has 3 rings (SSSR count). The van der Waals surface area contributed by atoms with E-state index in [1.807, 2.05) is 36.4 Å². The summed E-state index contributed by atoms with van der Waals surface area (Å²) in [6, 6.07) is 14.0. The number of hydrogen-bond donors (Lipinski definition) is 1. The van der Waals surface area contributed by atoms with E-state index < -0.39 is 6.04 Å². The third-order valence-electron chi connectivity index (χ3n) is 3.81. The Morgan fingerprint density at radius 2 is 1.92 bits per heavy atom. The van der Waals surface area contributed by atoms with Crippen LogP contribution in [-0.4, -0.2) is 25.0 Å². The Hall–Kier alpha value is -2.53. The SMILES string of the molecule is CC(=O)NC1C(=O)N(CCOc2ccccc2Cl)c2ccccc21. The van der Waals surface area contributed by atoms with E-state index in [0.29, 0.717) is 23.9 Å². The number of nitrogens with one attached hydrogen (secondary N) is 1. The third kappa shape index (κ3) is 3.21. The molecule has 0 aromatic heterocycles. The van der Waals surface area contributed by atoms with Gasteiger partial charge in [-0.25, -0.2) is 0 Å². The topological polar surface area (TPSA) is 58.6 Å². The fourth-order valence-electron chi connectivity index (χ4n) is 2.77. The predicted molar refractivity (Wildman–Crippen MR) is 92.3 cm³/mol. The fourth-order valence-corrected chi connectivity index (χ4v) is 2.96. The van der Waals surface area contributed by atoms with Crippen LogP contribution in [0.5, 0.6) is 5.75 Å². The molecule has 0 saturated heterocycles. The molecule has 1 unspecified atom stereocenters. The van der Waals surface area contributed by atoms with Gasteiger partial charge in [-0.2, -0.15) is 0 Å². The summed E-state index contributed by atoms with van der Waals surface area (Å²) >= 11 is 6.06. The van der Waals surface area contributed by atoms with Gasteiger partial charge >= 0.3 is 0 Å². The van der Waals surface area contributed by atoms with Gasteiger partial charge in [0.1, 0.15) is 18.4 Å². The molecule has 1 aliphatic rings. The van der Waals surface area contributed by atoms with E-state index in [0.717, 1.165) is 11.3 Å². The molecule has 6 heteroatoms. The highest BCUT2D eigenvalue weighted by atomic mass is 35.5. The first kappa shape index (κ1) is 16.3. The smallest absolute Gasteiger partial charge is 0.254 e. The molecule has 1 N–H and O–H groups in total. The van der Waals surface area contributed by atoms with Crippen molar-refractivity contribution in [2.75, 3.05) is 18.1 Å². The van der Waals surface area contributed by atoms with Crippen molar-refractivity contribution in [2.24, 2.45) is 0 Å². The highest BCUT2D eigenvalue weighted by molar-refractivity contribution is 6.32. The van der Waals surface area contributed by atoms with Crippen LogP contribution in [0.3, 0.4) is 0 Å². The lowest BCUT2D eigenvalue weighted by Gasteiger charge is -2.18. The van der Waals surface area contributed by atoms with Crippen molar-refractivity contribution in [1.29, 1.82) is 0 Å². The van der Waals surface area contributed by atoms with Crippen LogP contribution in [0.2, 0.25) is 5.02 Å². The van der Waals surface area contributed by atoms with Crippen molar-refractivity contribution in [2.45, 2.75) is 13.0 Å². The van der Waals surface area contributed by atoms with Crippen LogP contribution in [-0.2, 0) is 9.59 Å². The lowest BCUT2D eigenvalue weighted by molar-refractivity contribution is -0.126. The van der Waals surface area contributed by atoms with Crippen molar-refractivity contribution in [3.05, 3.63) is 59.1 Å². The van der Waals surface area contributed by atoms with Crippen LogP contribution < -0.4 is 15.0 Å². The maximum atomic E-state index is 12.6. The molecule has 1 aliphatic heterocycles. The number of fused-ring (bicyclic) bond motifs is 1. The first-order valence-electron chi connectivity index (χ1n) is 7.62.